The molecule has 3 aromatic rings. The molecule has 1 heterocycles. The van der Waals surface area contributed by atoms with E-state index in [0.717, 1.165) is 16.8 Å². The van der Waals surface area contributed by atoms with Crippen LogP contribution in [-0.4, -0.2) is 40.8 Å². The number of benzene rings is 3. The van der Waals surface area contributed by atoms with Crippen LogP contribution in [0.15, 0.2) is 72.8 Å². The van der Waals surface area contributed by atoms with Crippen LogP contribution in [0, 0.1) is 0 Å². The Labute approximate surface area is 232 Å². The first kappa shape index (κ1) is 28.2. The first-order valence-electron chi connectivity index (χ1n) is 12.9. The van der Waals surface area contributed by atoms with Crippen LogP contribution in [0.2, 0.25) is 0 Å². The average Bonchev–Trinajstić information content (AvgIpc) is 3.00. The lowest BCUT2D eigenvalue weighted by atomic mass is 10.1. The number of fused-ring (bicyclic) bond motifs is 1. The number of nitrogens with one attached hydrogen (secondary N) is 3. The van der Waals surface area contributed by atoms with E-state index in [1.165, 1.54) is 24.3 Å². The summed E-state index contributed by atoms with van der Waals surface area (Å²) in [5, 5.41) is 17.2. The number of para-hydroxylation sites is 1. The van der Waals surface area contributed by atoms with E-state index in [-0.39, 0.29) is 18.0 Å². The fourth-order valence-electron chi connectivity index (χ4n) is 4.39. The van der Waals surface area contributed by atoms with E-state index < -0.39 is 29.7 Å². The van der Waals surface area contributed by atoms with Crippen molar-refractivity contribution in [2.45, 2.75) is 51.8 Å². The van der Waals surface area contributed by atoms with Gasteiger partial charge in [-0.15, -0.1) is 0 Å². The Hall–Kier alpha value is -4.86. The minimum absolute atomic E-state index is 0.101. The highest BCUT2D eigenvalue weighted by Crippen LogP contribution is 2.29. The van der Waals surface area contributed by atoms with E-state index in [2.05, 4.69) is 16.0 Å². The number of hydrogen-bond donors (Lipinski definition) is 4. The van der Waals surface area contributed by atoms with Gasteiger partial charge in [-0.2, -0.15) is 0 Å². The van der Waals surface area contributed by atoms with E-state index in [1.54, 1.807) is 43.9 Å². The fraction of sp³-hybridized carbons (Fsp3) is 0.267. The number of hydrogen-bond acceptors (Lipinski definition) is 5. The molecule has 0 spiro atoms. The number of anilines is 3. The second-order valence-corrected chi connectivity index (χ2v) is 10.5. The summed E-state index contributed by atoms with van der Waals surface area (Å²) in [5.74, 6) is -1.34. The van der Waals surface area contributed by atoms with Gasteiger partial charge < -0.3 is 25.4 Å². The number of rotatable bonds is 6. The minimum Gasteiger partial charge on any atom is -0.478 e. The van der Waals surface area contributed by atoms with Crippen LogP contribution >= 0.6 is 0 Å². The molecule has 1 aliphatic heterocycles. The third-order valence-corrected chi connectivity index (χ3v) is 6.16. The van der Waals surface area contributed by atoms with Gasteiger partial charge in [0.05, 0.1) is 12.1 Å². The molecule has 1 aliphatic rings. The Morgan fingerprint density at radius 3 is 2.38 bits per heavy atom. The Morgan fingerprint density at radius 2 is 1.68 bits per heavy atom. The second kappa shape index (κ2) is 11.9. The molecule has 40 heavy (non-hydrogen) atoms. The van der Waals surface area contributed by atoms with Crippen LogP contribution in [0.1, 0.15) is 48.7 Å². The topological polar surface area (TPSA) is 137 Å². The number of carboxylic acid groups (broad SMARTS) is 1. The Morgan fingerprint density at radius 1 is 0.950 bits per heavy atom. The Kier molecular flexibility index (Phi) is 8.37. The van der Waals surface area contributed by atoms with Crippen LogP contribution in [0.4, 0.5) is 26.7 Å². The molecule has 0 aliphatic carbocycles. The molecule has 10 heteroatoms. The lowest BCUT2D eigenvalue weighted by molar-refractivity contribution is -0.120. The van der Waals surface area contributed by atoms with E-state index in [0.29, 0.717) is 24.2 Å². The summed E-state index contributed by atoms with van der Waals surface area (Å²) >= 11 is 0. The number of aromatic carboxylic acids is 1. The first-order valence-corrected chi connectivity index (χ1v) is 12.9. The van der Waals surface area contributed by atoms with Gasteiger partial charge in [0.25, 0.3) is 0 Å². The standard InChI is InChI=1S/C30H32N4O6/c1-30(2,3)40-29(39)32-23-9-6-7-19(17-23)18-34-25-10-5-4-8-20(25)13-16-24(26(34)35)33-28(38)31-22-14-11-21(12-15-22)27(36)37/h4-12,14-15,17,24H,13,16,18H2,1-3H3,(H,32,39)(H,36,37)(H2,31,33,38). The highest BCUT2D eigenvalue weighted by atomic mass is 16.6. The van der Waals surface area contributed by atoms with Gasteiger partial charge in [-0.25, -0.2) is 14.4 Å². The van der Waals surface area contributed by atoms with Gasteiger partial charge in [0, 0.05) is 17.1 Å². The maximum atomic E-state index is 13.8. The van der Waals surface area contributed by atoms with Crippen molar-refractivity contribution < 1.29 is 29.0 Å². The zero-order valence-electron chi connectivity index (χ0n) is 22.6. The molecule has 0 aromatic heterocycles. The molecule has 10 nitrogen and oxygen atoms in total. The van der Waals surface area contributed by atoms with E-state index in [4.69, 9.17) is 9.84 Å². The summed E-state index contributed by atoms with van der Waals surface area (Å²) in [5.41, 5.74) is 2.91. The van der Waals surface area contributed by atoms with Crippen LogP contribution in [-0.2, 0) is 22.5 Å². The molecule has 0 radical (unpaired) electrons. The molecule has 0 saturated heterocycles. The zero-order chi connectivity index (χ0) is 28.9. The largest absolute Gasteiger partial charge is 0.478 e. The van der Waals surface area contributed by atoms with Crippen LogP contribution in [0.25, 0.3) is 0 Å². The zero-order valence-corrected chi connectivity index (χ0v) is 22.6. The molecular formula is C30H32N4O6. The molecule has 3 aromatic carbocycles. The molecule has 1 atom stereocenters. The van der Waals surface area contributed by atoms with Crippen molar-refractivity contribution in [3.8, 4) is 0 Å². The molecule has 4 amide bonds. The monoisotopic (exact) mass is 544 g/mol. The fourth-order valence-corrected chi connectivity index (χ4v) is 4.39. The summed E-state index contributed by atoms with van der Waals surface area (Å²) in [4.78, 5) is 51.5. The number of aryl methyl sites for hydroxylation is 1. The number of carbonyl (C=O) groups excluding carboxylic acids is 3. The number of nitrogens with zero attached hydrogens (tertiary/aromatic N) is 1. The van der Waals surface area contributed by atoms with E-state index in [9.17, 15) is 19.2 Å². The third kappa shape index (κ3) is 7.37. The number of carbonyl (C=O) groups is 4. The normalized spacial score (nSPS) is 14.9. The van der Waals surface area contributed by atoms with Crippen LogP contribution < -0.4 is 20.9 Å². The molecule has 4 rings (SSSR count). The number of amides is 4. The predicted molar refractivity (Wildman–Crippen MR) is 152 cm³/mol. The van der Waals surface area contributed by atoms with Gasteiger partial charge in [0.15, 0.2) is 0 Å². The van der Waals surface area contributed by atoms with Crippen molar-refractivity contribution in [2.24, 2.45) is 0 Å². The second-order valence-electron chi connectivity index (χ2n) is 10.5. The van der Waals surface area contributed by atoms with Crippen molar-refractivity contribution in [3.63, 3.8) is 0 Å². The van der Waals surface area contributed by atoms with Crippen molar-refractivity contribution in [2.75, 3.05) is 15.5 Å². The van der Waals surface area contributed by atoms with Gasteiger partial charge in [0.1, 0.15) is 11.6 Å². The van der Waals surface area contributed by atoms with Gasteiger partial charge >= 0.3 is 18.1 Å². The smallest absolute Gasteiger partial charge is 0.412 e. The Bertz CT molecular complexity index is 1410. The maximum Gasteiger partial charge on any atom is 0.412 e. The third-order valence-electron chi connectivity index (χ3n) is 6.16. The highest BCUT2D eigenvalue weighted by molar-refractivity contribution is 6.02. The Balaban J connectivity index is 1.50. The maximum absolute atomic E-state index is 13.8. The lowest BCUT2D eigenvalue weighted by Crippen LogP contribution is -2.49. The summed E-state index contributed by atoms with van der Waals surface area (Å²) in [6, 6.07) is 19.1. The van der Waals surface area contributed by atoms with Crippen molar-refractivity contribution in [1.82, 2.24) is 5.32 Å². The molecular weight excluding hydrogens is 512 g/mol. The van der Waals surface area contributed by atoms with E-state index >= 15 is 0 Å². The molecule has 208 valence electrons. The predicted octanol–water partition coefficient (Wildman–Crippen LogP) is 5.40. The summed E-state index contributed by atoms with van der Waals surface area (Å²) in [6.45, 7) is 5.57. The van der Waals surface area contributed by atoms with Crippen LogP contribution in [0.3, 0.4) is 0 Å². The number of ether oxygens (including phenoxy) is 1. The SMILES string of the molecule is CC(C)(C)OC(=O)Nc1cccc(CN2C(=O)C(NC(=O)Nc3ccc(C(=O)O)cc3)CCc3ccccc32)c1. The minimum atomic E-state index is -1.06. The molecule has 1 unspecified atom stereocenters. The van der Waals surface area contributed by atoms with Crippen molar-refractivity contribution in [1.29, 1.82) is 0 Å². The first-order chi connectivity index (χ1) is 19.0. The van der Waals surface area contributed by atoms with Crippen molar-refractivity contribution in [3.05, 3.63) is 89.5 Å². The van der Waals surface area contributed by atoms with Crippen LogP contribution in [0.5, 0.6) is 0 Å². The molecule has 0 saturated carbocycles. The van der Waals surface area contributed by atoms with E-state index in [1.807, 2.05) is 30.3 Å². The van der Waals surface area contributed by atoms with Gasteiger partial charge in [-0.3, -0.25) is 10.1 Å². The highest BCUT2D eigenvalue weighted by Gasteiger charge is 2.31. The van der Waals surface area contributed by atoms with Gasteiger partial charge in [-0.1, -0.05) is 30.3 Å². The quantitative estimate of drug-likeness (QED) is 0.328. The lowest BCUT2D eigenvalue weighted by Gasteiger charge is -2.27. The molecule has 4 N–H and O–H groups in total. The average molecular weight is 545 g/mol. The van der Waals surface area contributed by atoms with Gasteiger partial charge in [-0.05, 0) is 87.2 Å². The van der Waals surface area contributed by atoms with Crippen molar-refractivity contribution >= 4 is 41.1 Å². The summed E-state index contributed by atoms with van der Waals surface area (Å²) in [6.07, 6.45) is 0.406. The molecule has 0 fully saturated rings. The number of carboxylic acids is 1. The molecule has 0 bridgehead atoms. The van der Waals surface area contributed by atoms with Gasteiger partial charge in [0.2, 0.25) is 5.91 Å². The number of urea groups is 1. The summed E-state index contributed by atoms with van der Waals surface area (Å²) < 4.78 is 5.33. The summed E-state index contributed by atoms with van der Waals surface area (Å²) in [7, 11) is 0.